The molecule has 0 heterocycles. The van der Waals surface area contributed by atoms with Crippen molar-refractivity contribution in [1.82, 2.24) is 0 Å². The van der Waals surface area contributed by atoms with Crippen molar-refractivity contribution in [3.05, 3.63) is 59.2 Å². The molecule has 0 aromatic heterocycles. The van der Waals surface area contributed by atoms with E-state index in [9.17, 15) is 13.6 Å². The predicted octanol–water partition coefficient (Wildman–Crippen LogP) is 3.60. The molecule has 2 aromatic rings. The summed E-state index contributed by atoms with van der Waals surface area (Å²) in [6, 6.07) is 8.43. The first-order chi connectivity index (χ1) is 9.94. The fraction of sp³-hybridized carbons (Fsp3) is 0.188. The molecule has 1 N–H and O–H groups in total. The number of hydrogen-bond acceptors (Lipinski definition) is 2. The Morgan fingerprint density at radius 3 is 2.43 bits per heavy atom. The maximum absolute atomic E-state index is 13.4. The summed E-state index contributed by atoms with van der Waals surface area (Å²) in [5, 5.41) is 2.27. The number of rotatable bonds is 4. The lowest BCUT2D eigenvalue weighted by Crippen LogP contribution is -2.21. The number of anilines is 1. The summed E-state index contributed by atoms with van der Waals surface area (Å²) in [6.45, 7) is 3.56. The molecule has 0 spiro atoms. The summed E-state index contributed by atoms with van der Waals surface area (Å²) in [6.07, 6.45) is 0. The highest BCUT2D eigenvalue weighted by Gasteiger charge is 2.09. The molecule has 0 aliphatic rings. The van der Waals surface area contributed by atoms with Gasteiger partial charge in [0.1, 0.15) is 17.4 Å². The number of hydrogen-bond donors (Lipinski definition) is 1. The van der Waals surface area contributed by atoms with Crippen molar-refractivity contribution < 1.29 is 18.3 Å². The average molecular weight is 291 g/mol. The largest absolute Gasteiger partial charge is 0.484 e. The zero-order valence-electron chi connectivity index (χ0n) is 11.7. The maximum atomic E-state index is 13.4. The molecule has 5 heteroatoms. The predicted molar refractivity (Wildman–Crippen MR) is 76.4 cm³/mol. The van der Waals surface area contributed by atoms with Crippen LogP contribution in [0.1, 0.15) is 11.1 Å². The van der Waals surface area contributed by atoms with Gasteiger partial charge in [0.25, 0.3) is 5.91 Å². The molecular formula is C16H15F2NO2. The Morgan fingerprint density at radius 1 is 1.10 bits per heavy atom. The first-order valence-electron chi connectivity index (χ1n) is 6.40. The Bertz CT molecular complexity index is 651. The lowest BCUT2D eigenvalue weighted by molar-refractivity contribution is -0.118. The highest BCUT2D eigenvalue weighted by atomic mass is 19.1. The Kier molecular flexibility index (Phi) is 4.52. The van der Waals surface area contributed by atoms with Gasteiger partial charge < -0.3 is 10.1 Å². The molecule has 0 fully saturated rings. The van der Waals surface area contributed by atoms with Crippen molar-refractivity contribution in [2.45, 2.75) is 13.8 Å². The monoisotopic (exact) mass is 291 g/mol. The third kappa shape index (κ3) is 4.27. The second kappa shape index (κ2) is 6.35. The van der Waals surface area contributed by atoms with Gasteiger partial charge in [0.2, 0.25) is 0 Å². The van der Waals surface area contributed by atoms with Gasteiger partial charge in [0.05, 0.1) is 5.69 Å². The standard InChI is InChI=1S/C16H15F2NO2/c1-10-5-11(2)7-13(6-10)21-9-16(20)19-15-8-12(17)3-4-14(15)18/h3-8H,9H2,1-2H3,(H,19,20). The van der Waals surface area contributed by atoms with Crippen LogP contribution in [0.3, 0.4) is 0 Å². The van der Waals surface area contributed by atoms with Gasteiger partial charge in [-0.2, -0.15) is 0 Å². The second-order valence-electron chi connectivity index (χ2n) is 4.78. The van der Waals surface area contributed by atoms with Crippen LogP contribution >= 0.6 is 0 Å². The number of aryl methyl sites for hydroxylation is 2. The molecule has 0 bridgehead atoms. The highest BCUT2D eigenvalue weighted by Crippen LogP contribution is 2.17. The van der Waals surface area contributed by atoms with Crippen LogP contribution in [-0.2, 0) is 4.79 Å². The summed E-state index contributed by atoms with van der Waals surface area (Å²) in [5.41, 5.74) is 1.83. The van der Waals surface area contributed by atoms with Gasteiger partial charge in [-0.05, 0) is 49.2 Å². The average Bonchev–Trinajstić information content (AvgIpc) is 2.40. The number of carbonyl (C=O) groups excluding carboxylic acids is 1. The smallest absolute Gasteiger partial charge is 0.262 e. The fourth-order valence-electron chi connectivity index (χ4n) is 1.94. The Hall–Kier alpha value is -2.43. The van der Waals surface area contributed by atoms with Crippen LogP contribution in [0.15, 0.2) is 36.4 Å². The van der Waals surface area contributed by atoms with Crippen molar-refractivity contribution in [2.75, 3.05) is 11.9 Å². The van der Waals surface area contributed by atoms with Gasteiger partial charge in [-0.1, -0.05) is 6.07 Å². The van der Waals surface area contributed by atoms with Gasteiger partial charge in [-0.25, -0.2) is 8.78 Å². The van der Waals surface area contributed by atoms with Gasteiger partial charge >= 0.3 is 0 Å². The molecular weight excluding hydrogens is 276 g/mol. The van der Waals surface area contributed by atoms with Crippen molar-refractivity contribution in [2.24, 2.45) is 0 Å². The van der Waals surface area contributed by atoms with Gasteiger partial charge in [0, 0.05) is 6.07 Å². The zero-order chi connectivity index (χ0) is 15.4. The third-order valence-corrected chi connectivity index (χ3v) is 2.77. The highest BCUT2D eigenvalue weighted by molar-refractivity contribution is 5.92. The van der Waals surface area contributed by atoms with Crippen molar-refractivity contribution >= 4 is 11.6 Å². The van der Waals surface area contributed by atoms with E-state index < -0.39 is 17.5 Å². The second-order valence-corrected chi connectivity index (χ2v) is 4.78. The molecule has 2 aromatic carbocycles. The van der Waals surface area contributed by atoms with Crippen LogP contribution in [-0.4, -0.2) is 12.5 Å². The molecule has 2 rings (SSSR count). The molecule has 0 atom stereocenters. The van der Waals surface area contributed by atoms with E-state index in [-0.39, 0.29) is 12.3 Å². The lowest BCUT2D eigenvalue weighted by Gasteiger charge is -2.09. The molecule has 21 heavy (non-hydrogen) atoms. The number of nitrogens with one attached hydrogen (secondary N) is 1. The van der Waals surface area contributed by atoms with E-state index in [1.54, 1.807) is 12.1 Å². The number of amides is 1. The Balaban J connectivity index is 1.97. The minimum Gasteiger partial charge on any atom is -0.484 e. The summed E-state index contributed by atoms with van der Waals surface area (Å²) >= 11 is 0. The zero-order valence-corrected chi connectivity index (χ0v) is 11.7. The molecule has 0 unspecified atom stereocenters. The van der Waals surface area contributed by atoms with Crippen LogP contribution in [0.2, 0.25) is 0 Å². The molecule has 0 saturated carbocycles. The van der Waals surface area contributed by atoms with E-state index in [4.69, 9.17) is 4.74 Å². The molecule has 3 nitrogen and oxygen atoms in total. The van der Waals surface area contributed by atoms with Crippen LogP contribution in [0.4, 0.5) is 14.5 Å². The normalized spacial score (nSPS) is 10.3. The summed E-state index contributed by atoms with van der Waals surface area (Å²) in [5.74, 6) is -1.32. The van der Waals surface area contributed by atoms with E-state index in [1.807, 2.05) is 19.9 Å². The molecule has 0 radical (unpaired) electrons. The lowest BCUT2D eigenvalue weighted by atomic mass is 10.1. The maximum Gasteiger partial charge on any atom is 0.262 e. The Morgan fingerprint density at radius 2 is 1.76 bits per heavy atom. The minimum absolute atomic E-state index is 0.205. The van der Waals surface area contributed by atoms with Crippen molar-refractivity contribution in [1.29, 1.82) is 0 Å². The van der Waals surface area contributed by atoms with Crippen LogP contribution in [0, 0.1) is 25.5 Å². The van der Waals surface area contributed by atoms with Gasteiger partial charge in [-0.3, -0.25) is 4.79 Å². The molecule has 0 aliphatic carbocycles. The third-order valence-electron chi connectivity index (χ3n) is 2.77. The van der Waals surface area contributed by atoms with E-state index in [0.29, 0.717) is 5.75 Å². The topological polar surface area (TPSA) is 38.3 Å². The SMILES string of the molecule is Cc1cc(C)cc(OCC(=O)Nc2cc(F)ccc2F)c1. The van der Waals surface area contributed by atoms with E-state index in [1.165, 1.54) is 0 Å². The molecule has 0 aliphatic heterocycles. The number of carbonyl (C=O) groups is 1. The molecule has 1 amide bonds. The number of halogens is 2. The summed E-state index contributed by atoms with van der Waals surface area (Å²) in [7, 11) is 0. The van der Waals surface area contributed by atoms with E-state index >= 15 is 0 Å². The summed E-state index contributed by atoms with van der Waals surface area (Å²) in [4.78, 5) is 11.7. The molecule has 110 valence electrons. The van der Waals surface area contributed by atoms with E-state index in [0.717, 1.165) is 29.3 Å². The Labute approximate surface area is 121 Å². The van der Waals surface area contributed by atoms with Crippen LogP contribution in [0.5, 0.6) is 5.75 Å². The number of ether oxygens (including phenoxy) is 1. The fourth-order valence-corrected chi connectivity index (χ4v) is 1.94. The number of benzene rings is 2. The first-order valence-corrected chi connectivity index (χ1v) is 6.40. The molecule has 0 saturated heterocycles. The first kappa shape index (κ1) is 15.0. The minimum atomic E-state index is -0.698. The van der Waals surface area contributed by atoms with Crippen molar-refractivity contribution in [3.63, 3.8) is 0 Å². The quantitative estimate of drug-likeness (QED) is 0.934. The van der Waals surface area contributed by atoms with Gasteiger partial charge in [-0.15, -0.1) is 0 Å². The van der Waals surface area contributed by atoms with Crippen LogP contribution in [0.25, 0.3) is 0 Å². The van der Waals surface area contributed by atoms with Gasteiger partial charge in [0.15, 0.2) is 6.61 Å². The van der Waals surface area contributed by atoms with Crippen molar-refractivity contribution in [3.8, 4) is 5.75 Å². The summed E-state index contributed by atoms with van der Waals surface area (Å²) < 4.78 is 31.7. The van der Waals surface area contributed by atoms with E-state index in [2.05, 4.69) is 5.32 Å². The van der Waals surface area contributed by atoms with Crippen LogP contribution < -0.4 is 10.1 Å².